The topological polar surface area (TPSA) is 103 Å². The summed E-state index contributed by atoms with van der Waals surface area (Å²) in [5.74, 6) is 0.276. The molecular formula is C17H26N2O6S. The van der Waals surface area contributed by atoms with Gasteiger partial charge in [0.15, 0.2) is 11.5 Å². The third-order valence-corrected chi connectivity index (χ3v) is 5.30. The molecule has 8 nitrogen and oxygen atoms in total. The van der Waals surface area contributed by atoms with Crippen LogP contribution in [0.5, 0.6) is 11.5 Å². The van der Waals surface area contributed by atoms with Crippen LogP contribution >= 0.6 is 0 Å². The molecule has 26 heavy (non-hydrogen) atoms. The van der Waals surface area contributed by atoms with Crippen LogP contribution in [0, 0.1) is 5.92 Å². The van der Waals surface area contributed by atoms with Crippen molar-refractivity contribution in [1.29, 1.82) is 0 Å². The minimum absolute atomic E-state index is 0.0251. The minimum Gasteiger partial charge on any atom is -0.490 e. The predicted octanol–water partition coefficient (Wildman–Crippen LogP) is 0.913. The Morgan fingerprint density at radius 2 is 1.92 bits per heavy atom. The Morgan fingerprint density at radius 1 is 1.23 bits per heavy atom. The van der Waals surface area contributed by atoms with Gasteiger partial charge in [-0.05, 0) is 18.1 Å². The van der Waals surface area contributed by atoms with E-state index in [0.29, 0.717) is 37.9 Å². The van der Waals surface area contributed by atoms with Gasteiger partial charge in [-0.15, -0.1) is 0 Å². The molecule has 146 valence electrons. The Labute approximate surface area is 154 Å². The van der Waals surface area contributed by atoms with Crippen molar-refractivity contribution in [2.24, 2.45) is 5.92 Å². The van der Waals surface area contributed by atoms with Gasteiger partial charge in [-0.25, -0.2) is 8.42 Å². The van der Waals surface area contributed by atoms with Gasteiger partial charge in [0.1, 0.15) is 6.04 Å². The van der Waals surface area contributed by atoms with E-state index >= 15 is 0 Å². The largest absolute Gasteiger partial charge is 0.490 e. The molecule has 2 N–H and O–H groups in total. The van der Waals surface area contributed by atoms with Crippen LogP contribution in [0.2, 0.25) is 0 Å². The summed E-state index contributed by atoms with van der Waals surface area (Å²) in [5, 5.41) is 2.66. The smallest absolute Gasteiger partial charge is 0.241 e. The number of fused-ring (bicyclic) bond motifs is 1. The molecule has 0 aromatic heterocycles. The number of nitrogens with one attached hydrogen (secondary N) is 2. The molecule has 1 aromatic carbocycles. The molecular weight excluding hydrogens is 360 g/mol. The van der Waals surface area contributed by atoms with Crippen molar-refractivity contribution < 1.29 is 27.4 Å². The molecule has 0 spiro atoms. The first-order valence-electron chi connectivity index (χ1n) is 8.54. The molecule has 0 saturated heterocycles. The Kier molecular flexibility index (Phi) is 7.24. The van der Waals surface area contributed by atoms with Crippen LogP contribution in [-0.2, 0) is 19.6 Å². The average molecular weight is 386 g/mol. The van der Waals surface area contributed by atoms with E-state index in [4.69, 9.17) is 14.2 Å². The number of hydrogen-bond donors (Lipinski definition) is 2. The van der Waals surface area contributed by atoms with Crippen molar-refractivity contribution in [1.82, 2.24) is 10.0 Å². The first kappa shape index (κ1) is 20.5. The predicted molar refractivity (Wildman–Crippen MR) is 95.9 cm³/mol. The fourth-order valence-corrected chi connectivity index (χ4v) is 3.78. The second-order valence-corrected chi connectivity index (χ2v) is 8.00. The van der Waals surface area contributed by atoms with Gasteiger partial charge in [0.05, 0.1) is 24.7 Å². The number of carbonyl (C=O) groups excluding carboxylic acids is 1. The molecule has 0 bridgehead atoms. The van der Waals surface area contributed by atoms with E-state index in [0.717, 1.165) is 6.42 Å². The summed E-state index contributed by atoms with van der Waals surface area (Å²) < 4.78 is 43.9. The monoisotopic (exact) mass is 386 g/mol. The summed E-state index contributed by atoms with van der Waals surface area (Å²) in [6.07, 6.45) is 0.728. The van der Waals surface area contributed by atoms with Gasteiger partial charge in [-0.2, -0.15) is 4.72 Å². The van der Waals surface area contributed by atoms with Crippen LogP contribution < -0.4 is 19.5 Å². The standard InChI is InChI=1S/C17H26N2O6S/c1-12(2)16(17(20)18-7-10-23-3)19-26(21,22)13-5-6-14-15(11-13)25-9-4-8-24-14/h5-6,11-12,16,19H,4,7-10H2,1-3H3,(H,18,20)/t16-/m0/s1. The second-order valence-electron chi connectivity index (χ2n) is 6.29. The van der Waals surface area contributed by atoms with Gasteiger partial charge in [-0.1, -0.05) is 13.8 Å². The highest BCUT2D eigenvalue weighted by atomic mass is 32.2. The fraction of sp³-hybridized carbons (Fsp3) is 0.588. The van der Waals surface area contributed by atoms with Crippen molar-refractivity contribution in [2.45, 2.75) is 31.2 Å². The van der Waals surface area contributed by atoms with Crippen molar-refractivity contribution in [2.75, 3.05) is 33.5 Å². The maximum Gasteiger partial charge on any atom is 0.241 e. The second kappa shape index (κ2) is 9.20. The Hall–Kier alpha value is -1.84. The highest BCUT2D eigenvalue weighted by molar-refractivity contribution is 7.89. The minimum atomic E-state index is -3.90. The zero-order chi connectivity index (χ0) is 19.2. The molecule has 0 saturated carbocycles. The lowest BCUT2D eigenvalue weighted by atomic mass is 10.1. The average Bonchev–Trinajstić information content (AvgIpc) is 2.84. The fourth-order valence-electron chi connectivity index (χ4n) is 2.42. The molecule has 0 aliphatic carbocycles. The summed E-state index contributed by atoms with van der Waals surface area (Å²) in [6.45, 7) is 5.19. The van der Waals surface area contributed by atoms with Crippen molar-refractivity contribution in [3.05, 3.63) is 18.2 Å². The molecule has 1 heterocycles. The number of benzene rings is 1. The van der Waals surface area contributed by atoms with Crippen molar-refractivity contribution >= 4 is 15.9 Å². The molecule has 9 heteroatoms. The maximum atomic E-state index is 12.7. The third kappa shape index (κ3) is 5.33. The molecule has 1 aliphatic heterocycles. The first-order chi connectivity index (χ1) is 12.3. The number of methoxy groups -OCH3 is 1. The number of ether oxygens (including phenoxy) is 3. The summed E-state index contributed by atoms with van der Waals surface area (Å²) in [4.78, 5) is 12.3. The summed E-state index contributed by atoms with van der Waals surface area (Å²) in [6, 6.07) is 3.53. The lowest BCUT2D eigenvalue weighted by molar-refractivity contribution is -0.123. The Balaban J connectivity index is 2.17. The van der Waals surface area contributed by atoms with Gasteiger partial charge in [0.25, 0.3) is 0 Å². The maximum absolute atomic E-state index is 12.7. The zero-order valence-electron chi connectivity index (χ0n) is 15.3. The van der Waals surface area contributed by atoms with Crippen molar-refractivity contribution in [3.8, 4) is 11.5 Å². The molecule has 1 aromatic rings. The van der Waals surface area contributed by atoms with Crippen LogP contribution in [0.25, 0.3) is 0 Å². The Bertz CT molecular complexity index is 720. The summed E-state index contributed by atoms with van der Waals surface area (Å²) in [5.41, 5.74) is 0. The normalized spacial score (nSPS) is 15.4. The molecule has 0 radical (unpaired) electrons. The van der Waals surface area contributed by atoms with E-state index in [1.165, 1.54) is 19.2 Å². The number of carbonyl (C=O) groups is 1. The third-order valence-electron chi connectivity index (χ3n) is 3.87. The highest BCUT2D eigenvalue weighted by Gasteiger charge is 2.29. The quantitative estimate of drug-likeness (QED) is 0.644. The lowest BCUT2D eigenvalue weighted by Gasteiger charge is -2.22. The summed E-state index contributed by atoms with van der Waals surface area (Å²) in [7, 11) is -2.38. The highest BCUT2D eigenvalue weighted by Crippen LogP contribution is 2.32. The van der Waals surface area contributed by atoms with Gasteiger partial charge < -0.3 is 19.5 Å². The number of rotatable bonds is 8. The molecule has 1 atom stereocenters. The summed E-state index contributed by atoms with van der Waals surface area (Å²) >= 11 is 0. The lowest BCUT2D eigenvalue weighted by Crippen LogP contribution is -2.50. The Morgan fingerprint density at radius 3 is 2.58 bits per heavy atom. The van der Waals surface area contributed by atoms with Crippen LogP contribution in [0.1, 0.15) is 20.3 Å². The van der Waals surface area contributed by atoms with E-state index in [1.807, 2.05) is 0 Å². The van der Waals surface area contributed by atoms with Crippen molar-refractivity contribution in [3.63, 3.8) is 0 Å². The SMILES string of the molecule is COCCNC(=O)[C@@H](NS(=O)(=O)c1ccc2c(c1)OCCCO2)C(C)C. The molecule has 2 rings (SSSR count). The van der Waals surface area contributed by atoms with E-state index < -0.39 is 22.0 Å². The van der Waals surface area contributed by atoms with E-state index in [-0.39, 0.29) is 10.8 Å². The van der Waals surface area contributed by atoms with Gasteiger partial charge >= 0.3 is 0 Å². The molecule has 0 fully saturated rings. The van der Waals surface area contributed by atoms with Crippen LogP contribution in [-0.4, -0.2) is 53.8 Å². The first-order valence-corrected chi connectivity index (χ1v) is 10.0. The molecule has 1 aliphatic rings. The molecule has 1 amide bonds. The number of sulfonamides is 1. The van der Waals surface area contributed by atoms with Crippen LogP contribution in [0.3, 0.4) is 0 Å². The van der Waals surface area contributed by atoms with E-state index in [2.05, 4.69) is 10.0 Å². The van der Waals surface area contributed by atoms with E-state index in [1.54, 1.807) is 19.9 Å². The van der Waals surface area contributed by atoms with Crippen LogP contribution in [0.15, 0.2) is 23.1 Å². The van der Waals surface area contributed by atoms with Gasteiger partial charge in [-0.3, -0.25) is 4.79 Å². The number of amides is 1. The molecule has 0 unspecified atom stereocenters. The van der Waals surface area contributed by atoms with E-state index in [9.17, 15) is 13.2 Å². The van der Waals surface area contributed by atoms with Gasteiger partial charge in [0, 0.05) is 26.1 Å². The van der Waals surface area contributed by atoms with Gasteiger partial charge in [0.2, 0.25) is 15.9 Å². The van der Waals surface area contributed by atoms with Crippen LogP contribution in [0.4, 0.5) is 0 Å². The zero-order valence-corrected chi connectivity index (χ0v) is 16.1. The number of hydrogen-bond acceptors (Lipinski definition) is 6.